The van der Waals surface area contributed by atoms with Crippen molar-refractivity contribution in [1.29, 1.82) is 0 Å². The van der Waals surface area contributed by atoms with Gasteiger partial charge >= 0.3 is 17.9 Å². The highest BCUT2D eigenvalue weighted by molar-refractivity contribution is 5.71. The van der Waals surface area contributed by atoms with Gasteiger partial charge in [0.1, 0.15) is 13.2 Å². The van der Waals surface area contributed by atoms with Crippen LogP contribution >= 0.6 is 0 Å². The third-order valence-corrected chi connectivity index (χ3v) is 14.6. The van der Waals surface area contributed by atoms with Crippen LogP contribution in [0.4, 0.5) is 0 Å². The molecule has 0 aliphatic carbocycles. The summed E-state index contributed by atoms with van der Waals surface area (Å²) >= 11 is 0. The lowest BCUT2D eigenvalue weighted by atomic mass is 10.0. The number of esters is 3. The van der Waals surface area contributed by atoms with E-state index in [1.54, 1.807) is 0 Å². The SMILES string of the molecule is CCCCC/C=C\C/C=C\C/C=C\CCCCCCCCC(=O)OC(COC(=O)CCCCCCCCCCCCCCCC)COC(=O)CCCCCCCCCCCCCCCCCCCCCCCC. The van der Waals surface area contributed by atoms with Gasteiger partial charge in [-0.25, -0.2) is 0 Å². The Bertz CT molecular complexity index is 1220. The number of ether oxygens (including phenoxy) is 3. The highest BCUT2D eigenvalue weighted by Gasteiger charge is 2.19. The van der Waals surface area contributed by atoms with Gasteiger partial charge in [-0.3, -0.25) is 14.4 Å². The summed E-state index contributed by atoms with van der Waals surface area (Å²) in [4.78, 5) is 38.3. The average molecular weight is 1030 g/mol. The Labute approximate surface area is 455 Å². The molecule has 428 valence electrons. The maximum Gasteiger partial charge on any atom is 0.306 e. The van der Waals surface area contributed by atoms with Crippen molar-refractivity contribution < 1.29 is 28.6 Å². The zero-order valence-corrected chi connectivity index (χ0v) is 49.2. The number of hydrogen-bond donors (Lipinski definition) is 0. The average Bonchev–Trinajstić information content (AvgIpc) is 3.39. The van der Waals surface area contributed by atoms with Crippen LogP contribution in [0, 0.1) is 0 Å². The number of hydrogen-bond acceptors (Lipinski definition) is 6. The summed E-state index contributed by atoms with van der Waals surface area (Å²) < 4.78 is 16.9. The molecule has 1 atom stereocenters. The monoisotopic (exact) mass is 1020 g/mol. The van der Waals surface area contributed by atoms with E-state index >= 15 is 0 Å². The zero-order valence-electron chi connectivity index (χ0n) is 49.2. The minimum atomic E-state index is -0.776. The fourth-order valence-electron chi connectivity index (χ4n) is 9.75. The third kappa shape index (κ3) is 60.4. The summed E-state index contributed by atoms with van der Waals surface area (Å²) in [6.45, 7) is 6.67. The molecular formula is C67H124O6. The molecule has 0 bridgehead atoms. The molecule has 0 spiro atoms. The van der Waals surface area contributed by atoms with Gasteiger partial charge in [0.2, 0.25) is 0 Å². The Morgan fingerprint density at radius 1 is 0.274 bits per heavy atom. The minimum Gasteiger partial charge on any atom is -0.462 e. The van der Waals surface area contributed by atoms with Gasteiger partial charge in [-0.05, 0) is 57.8 Å². The molecule has 0 fully saturated rings. The first-order valence-electron chi connectivity index (χ1n) is 32.5. The first-order chi connectivity index (χ1) is 36.0. The van der Waals surface area contributed by atoms with Crippen molar-refractivity contribution in [3.63, 3.8) is 0 Å². The number of allylic oxidation sites excluding steroid dienone is 6. The molecule has 0 aliphatic heterocycles. The van der Waals surface area contributed by atoms with Crippen LogP contribution < -0.4 is 0 Å². The third-order valence-electron chi connectivity index (χ3n) is 14.6. The van der Waals surface area contributed by atoms with E-state index in [2.05, 4.69) is 57.2 Å². The van der Waals surface area contributed by atoms with Gasteiger partial charge in [0, 0.05) is 19.3 Å². The van der Waals surface area contributed by atoms with E-state index in [9.17, 15) is 14.4 Å². The van der Waals surface area contributed by atoms with Crippen molar-refractivity contribution >= 4 is 17.9 Å². The summed E-state index contributed by atoms with van der Waals surface area (Å²) in [6.07, 6.45) is 75.8. The molecule has 0 amide bonds. The maximum absolute atomic E-state index is 12.9. The van der Waals surface area contributed by atoms with Crippen molar-refractivity contribution in [1.82, 2.24) is 0 Å². The van der Waals surface area contributed by atoms with Crippen molar-refractivity contribution in [3.05, 3.63) is 36.5 Å². The quantitative estimate of drug-likeness (QED) is 0.0261. The zero-order chi connectivity index (χ0) is 52.9. The Balaban J connectivity index is 4.30. The number of carbonyl (C=O) groups is 3. The van der Waals surface area contributed by atoms with Gasteiger partial charge in [0.05, 0.1) is 0 Å². The first kappa shape index (κ1) is 70.6. The molecular weight excluding hydrogens is 901 g/mol. The lowest BCUT2D eigenvalue weighted by molar-refractivity contribution is -0.167. The number of rotatable bonds is 60. The predicted molar refractivity (Wildman–Crippen MR) is 316 cm³/mol. The van der Waals surface area contributed by atoms with Crippen LogP contribution in [0.15, 0.2) is 36.5 Å². The molecule has 0 aliphatic rings. The molecule has 1 unspecified atom stereocenters. The Morgan fingerprint density at radius 2 is 0.493 bits per heavy atom. The summed E-state index contributed by atoms with van der Waals surface area (Å²) in [5.74, 6) is -0.859. The van der Waals surface area contributed by atoms with Crippen LogP contribution in [0.2, 0.25) is 0 Å². The Kier molecular flexibility index (Phi) is 60.2. The van der Waals surface area contributed by atoms with Crippen LogP contribution in [0.1, 0.15) is 355 Å². The van der Waals surface area contributed by atoms with Gasteiger partial charge in [-0.15, -0.1) is 0 Å². The fraction of sp³-hybridized carbons (Fsp3) is 0.866. The lowest BCUT2D eigenvalue weighted by Gasteiger charge is -2.18. The normalized spacial score (nSPS) is 12.2. The fourth-order valence-corrected chi connectivity index (χ4v) is 9.75. The second-order valence-electron chi connectivity index (χ2n) is 22.0. The molecule has 0 aromatic heterocycles. The van der Waals surface area contributed by atoms with Crippen LogP contribution in [-0.4, -0.2) is 37.2 Å². The highest BCUT2D eigenvalue weighted by atomic mass is 16.6. The number of carbonyl (C=O) groups excluding carboxylic acids is 3. The lowest BCUT2D eigenvalue weighted by Crippen LogP contribution is -2.30. The van der Waals surface area contributed by atoms with Gasteiger partial charge < -0.3 is 14.2 Å². The largest absolute Gasteiger partial charge is 0.462 e. The summed E-state index contributed by atoms with van der Waals surface area (Å²) in [7, 11) is 0. The molecule has 6 heteroatoms. The molecule has 0 radical (unpaired) electrons. The molecule has 0 aromatic rings. The molecule has 0 saturated heterocycles. The van der Waals surface area contributed by atoms with E-state index in [0.717, 1.165) is 77.0 Å². The Morgan fingerprint density at radius 3 is 0.795 bits per heavy atom. The number of unbranched alkanes of at least 4 members (excludes halogenated alkanes) is 43. The van der Waals surface area contributed by atoms with E-state index in [0.29, 0.717) is 19.3 Å². The second kappa shape index (κ2) is 62.2. The molecule has 0 aromatic carbocycles. The van der Waals surface area contributed by atoms with Crippen LogP contribution in [0.25, 0.3) is 0 Å². The maximum atomic E-state index is 12.9. The van der Waals surface area contributed by atoms with E-state index < -0.39 is 6.10 Å². The second-order valence-corrected chi connectivity index (χ2v) is 22.0. The molecule has 6 nitrogen and oxygen atoms in total. The van der Waals surface area contributed by atoms with Crippen LogP contribution in [0.5, 0.6) is 0 Å². The smallest absolute Gasteiger partial charge is 0.306 e. The molecule has 0 rings (SSSR count). The van der Waals surface area contributed by atoms with E-state index in [4.69, 9.17) is 14.2 Å². The van der Waals surface area contributed by atoms with E-state index in [1.807, 2.05) is 0 Å². The molecule has 73 heavy (non-hydrogen) atoms. The highest BCUT2D eigenvalue weighted by Crippen LogP contribution is 2.18. The summed E-state index contributed by atoms with van der Waals surface area (Å²) in [5.41, 5.74) is 0. The van der Waals surface area contributed by atoms with Gasteiger partial charge in [0.15, 0.2) is 6.10 Å². The van der Waals surface area contributed by atoms with E-state index in [1.165, 1.54) is 238 Å². The van der Waals surface area contributed by atoms with E-state index in [-0.39, 0.29) is 31.1 Å². The standard InChI is InChI=1S/C67H124O6/c1-4-7-10-13-16-19-22-25-28-30-32-33-34-36-37-39-42-45-48-51-54-57-60-66(69)72-63-64(62-71-65(68)59-56-53-50-47-44-41-27-24-21-18-15-12-9-6-3)73-67(70)61-58-55-52-49-46-43-40-38-35-31-29-26-23-20-17-14-11-8-5-2/h17,20,26,29,35,38,64H,4-16,18-19,21-25,27-28,30-34,36-37,39-63H2,1-3H3/b20-17-,29-26-,38-35-. The topological polar surface area (TPSA) is 78.9 Å². The van der Waals surface area contributed by atoms with Crippen molar-refractivity contribution in [2.45, 2.75) is 361 Å². The van der Waals surface area contributed by atoms with Crippen LogP contribution in [-0.2, 0) is 28.6 Å². The molecule has 0 N–H and O–H groups in total. The first-order valence-corrected chi connectivity index (χ1v) is 32.5. The molecule has 0 saturated carbocycles. The summed E-state index contributed by atoms with van der Waals surface area (Å²) in [6, 6.07) is 0. The van der Waals surface area contributed by atoms with Gasteiger partial charge in [-0.2, -0.15) is 0 Å². The summed E-state index contributed by atoms with van der Waals surface area (Å²) in [5, 5.41) is 0. The van der Waals surface area contributed by atoms with Gasteiger partial charge in [0.25, 0.3) is 0 Å². The predicted octanol–water partition coefficient (Wildman–Crippen LogP) is 22.0. The van der Waals surface area contributed by atoms with Crippen LogP contribution in [0.3, 0.4) is 0 Å². The van der Waals surface area contributed by atoms with Crippen molar-refractivity contribution in [3.8, 4) is 0 Å². The van der Waals surface area contributed by atoms with Gasteiger partial charge in [-0.1, -0.05) is 314 Å². The Hall–Kier alpha value is -2.37. The molecule has 0 heterocycles. The minimum absolute atomic E-state index is 0.0721. The van der Waals surface area contributed by atoms with Crippen molar-refractivity contribution in [2.24, 2.45) is 0 Å². The van der Waals surface area contributed by atoms with Crippen molar-refractivity contribution in [2.75, 3.05) is 13.2 Å².